The minimum atomic E-state index is -0.0611. The summed E-state index contributed by atoms with van der Waals surface area (Å²) in [5.41, 5.74) is -0.0611. The van der Waals surface area contributed by atoms with Crippen LogP contribution in [0.5, 0.6) is 0 Å². The van der Waals surface area contributed by atoms with Crippen molar-refractivity contribution in [3.8, 4) is 0 Å². The predicted octanol–water partition coefficient (Wildman–Crippen LogP) is 3.29. The Morgan fingerprint density at radius 2 is 1.60 bits per heavy atom. The van der Waals surface area contributed by atoms with E-state index in [4.69, 9.17) is 9.47 Å². The van der Waals surface area contributed by atoms with Crippen molar-refractivity contribution < 1.29 is 9.47 Å². The number of fused-ring (bicyclic) bond motifs is 1. The molecule has 20 heavy (non-hydrogen) atoms. The van der Waals surface area contributed by atoms with Gasteiger partial charge in [-0.05, 0) is 30.6 Å². The highest BCUT2D eigenvalue weighted by atomic mass is 16.6. The highest BCUT2D eigenvalue weighted by Crippen LogP contribution is 2.55. The summed E-state index contributed by atoms with van der Waals surface area (Å²) in [4.78, 5) is 2.53. The van der Waals surface area contributed by atoms with Gasteiger partial charge >= 0.3 is 0 Å². The Bertz CT molecular complexity index is 310. The Morgan fingerprint density at radius 1 is 0.950 bits per heavy atom. The van der Waals surface area contributed by atoms with Crippen LogP contribution in [0.15, 0.2) is 0 Å². The van der Waals surface area contributed by atoms with Crippen LogP contribution in [0.4, 0.5) is 0 Å². The quantitative estimate of drug-likeness (QED) is 0.715. The molecule has 0 aromatic rings. The molecule has 3 fully saturated rings. The topological polar surface area (TPSA) is 21.7 Å². The summed E-state index contributed by atoms with van der Waals surface area (Å²) >= 11 is 0. The van der Waals surface area contributed by atoms with E-state index in [1.54, 1.807) is 0 Å². The highest BCUT2D eigenvalue weighted by molar-refractivity contribution is 4.98. The first kappa shape index (κ1) is 14.8. The van der Waals surface area contributed by atoms with Crippen LogP contribution in [0.3, 0.4) is 0 Å². The lowest BCUT2D eigenvalue weighted by atomic mass is 10.0. The fourth-order valence-corrected chi connectivity index (χ4v) is 4.67. The molecular weight excluding hydrogens is 250 g/mol. The zero-order chi connectivity index (χ0) is 14.0. The van der Waals surface area contributed by atoms with Crippen molar-refractivity contribution in [3.63, 3.8) is 0 Å². The third-order valence-electron chi connectivity index (χ3n) is 5.76. The third-order valence-corrected chi connectivity index (χ3v) is 5.76. The standard InChI is InChI=1S/C17H31NO2/c1-3-5-14-15(6-4-2)16(14)7-8-17-13-19-11-9-18(17)10-12-20-17/h14-16H,3-13H2,1-2H3/t14-,15?,16?,17?/m1/s1. The van der Waals surface area contributed by atoms with Gasteiger partial charge in [0.1, 0.15) is 5.72 Å². The maximum absolute atomic E-state index is 6.11. The highest BCUT2D eigenvalue weighted by Gasteiger charge is 2.51. The molecule has 2 saturated heterocycles. The van der Waals surface area contributed by atoms with Crippen molar-refractivity contribution in [1.82, 2.24) is 4.90 Å². The molecule has 0 N–H and O–H groups in total. The molecule has 0 aromatic carbocycles. The fourth-order valence-electron chi connectivity index (χ4n) is 4.67. The summed E-state index contributed by atoms with van der Waals surface area (Å²) in [6.07, 6.45) is 8.08. The van der Waals surface area contributed by atoms with E-state index in [-0.39, 0.29) is 5.72 Å². The zero-order valence-electron chi connectivity index (χ0n) is 13.3. The average Bonchev–Trinajstić information content (AvgIpc) is 2.94. The Morgan fingerprint density at radius 3 is 2.30 bits per heavy atom. The van der Waals surface area contributed by atoms with Gasteiger partial charge in [0, 0.05) is 13.1 Å². The first-order chi connectivity index (χ1) is 9.80. The van der Waals surface area contributed by atoms with E-state index in [2.05, 4.69) is 18.7 Å². The first-order valence-corrected chi connectivity index (χ1v) is 8.77. The third kappa shape index (κ3) is 2.77. The molecule has 116 valence electrons. The van der Waals surface area contributed by atoms with Crippen LogP contribution in [0, 0.1) is 17.8 Å². The molecule has 3 aliphatic rings. The summed E-state index contributed by atoms with van der Waals surface area (Å²) in [5.74, 6) is 2.99. The van der Waals surface area contributed by atoms with Crippen LogP contribution in [0.1, 0.15) is 52.4 Å². The minimum absolute atomic E-state index is 0.0611. The number of morpholine rings is 1. The SMILES string of the molecule is CCCC1C(CCC23COCCN2CCO3)[C@@H]1CCC. The van der Waals surface area contributed by atoms with E-state index in [0.717, 1.165) is 50.7 Å². The molecule has 4 atom stereocenters. The molecule has 0 radical (unpaired) electrons. The summed E-state index contributed by atoms with van der Waals surface area (Å²) in [5, 5.41) is 0. The van der Waals surface area contributed by atoms with Gasteiger partial charge in [-0.2, -0.15) is 0 Å². The Labute approximate surface area is 124 Å². The molecular formula is C17H31NO2. The number of hydrogen-bond donors (Lipinski definition) is 0. The van der Waals surface area contributed by atoms with Gasteiger partial charge in [-0.1, -0.05) is 39.5 Å². The number of nitrogens with zero attached hydrogens (tertiary/aromatic N) is 1. The second kappa shape index (κ2) is 6.33. The number of hydrogen-bond acceptors (Lipinski definition) is 3. The normalized spacial score (nSPS) is 40.8. The molecule has 0 bridgehead atoms. The lowest BCUT2D eigenvalue weighted by Gasteiger charge is -2.40. The summed E-state index contributed by atoms with van der Waals surface area (Å²) < 4.78 is 11.8. The molecule has 1 aliphatic carbocycles. The van der Waals surface area contributed by atoms with Gasteiger partial charge in [0.15, 0.2) is 0 Å². The van der Waals surface area contributed by atoms with E-state index in [1.165, 1.54) is 38.5 Å². The second-order valence-electron chi connectivity index (χ2n) is 6.94. The molecule has 1 saturated carbocycles. The van der Waals surface area contributed by atoms with Gasteiger partial charge in [0.25, 0.3) is 0 Å². The van der Waals surface area contributed by atoms with Gasteiger partial charge in [0.2, 0.25) is 0 Å². The van der Waals surface area contributed by atoms with Gasteiger partial charge < -0.3 is 9.47 Å². The molecule has 2 heterocycles. The maximum atomic E-state index is 6.11. The minimum Gasteiger partial charge on any atom is -0.376 e. The lowest BCUT2D eigenvalue weighted by molar-refractivity contribution is -0.170. The Kier molecular flexibility index (Phi) is 4.68. The van der Waals surface area contributed by atoms with Crippen LogP contribution in [0.25, 0.3) is 0 Å². The van der Waals surface area contributed by atoms with E-state index >= 15 is 0 Å². The van der Waals surface area contributed by atoms with Crippen LogP contribution >= 0.6 is 0 Å². The van der Waals surface area contributed by atoms with E-state index in [1.807, 2.05) is 0 Å². The van der Waals surface area contributed by atoms with Crippen molar-refractivity contribution in [2.24, 2.45) is 17.8 Å². The molecule has 0 aromatic heterocycles. The fraction of sp³-hybridized carbons (Fsp3) is 1.00. The monoisotopic (exact) mass is 281 g/mol. The van der Waals surface area contributed by atoms with Crippen LogP contribution < -0.4 is 0 Å². The summed E-state index contributed by atoms with van der Waals surface area (Å²) in [7, 11) is 0. The molecule has 3 unspecified atom stereocenters. The van der Waals surface area contributed by atoms with E-state index < -0.39 is 0 Å². The molecule has 3 heteroatoms. The molecule has 3 nitrogen and oxygen atoms in total. The molecule has 3 rings (SSSR count). The van der Waals surface area contributed by atoms with Crippen molar-refractivity contribution in [1.29, 1.82) is 0 Å². The molecule has 0 amide bonds. The van der Waals surface area contributed by atoms with E-state index in [9.17, 15) is 0 Å². The van der Waals surface area contributed by atoms with Crippen molar-refractivity contribution in [2.45, 2.75) is 58.1 Å². The van der Waals surface area contributed by atoms with Crippen LogP contribution in [-0.2, 0) is 9.47 Å². The van der Waals surface area contributed by atoms with Gasteiger partial charge in [-0.15, -0.1) is 0 Å². The van der Waals surface area contributed by atoms with Crippen molar-refractivity contribution in [3.05, 3.63) is 0 Å². The molecule has 2 aliphatic heterocycles. The zero-order valence-corrected chi connectivity index (χ0v) is 13.3. The van der Waals surface area contributed by atoms with E-state index in [0.29, 0.717) is 0 Å². The lowest BCUT2D eigenvalue weighted by Crippen LogP contribution is -2.53. The Balaban J connectivity index is 1.53. The predicted molar refractivity (Wildman–Crippen MR) is 80.6 cm³/mol. The Hall–Kier alpha value is -0.120. The maximum Gasteiger partial charge on any atom is 0.145 e. The smallest absolute Gasteiger partial charge is 0.145 e. The van der Waals surface area contributed by atoms with Crippen LogP contribution in [-0.4, -0.2) is 43.5 Å². The largest absolute Gasteiger partial charge is 0.376 e. The van der Waals surface area contributed by atoms with Crippen molar-refractivity contribution >= 4 is 0 Å². The summed E-state index contributed by atoms with van der Waals surface area (Å²) in [6, 6.07) is 0. The summed E-state index contributed by atoms with van der Waals surface area (Å²) in [6.45, 7) is 9.38. The van der Waals surface area contributed by atoms with Crippen molar-refractivity contribution in [2.75, 3.05) is 32.9 Å². The number of rotatable bonds is 7. The van der Waals surface area contributed by atoms with Gasteiger partial charge in [-0.25, -0.2) is 0 Å². The second-order valence-corrected chi connectivity index (χ2v) is 6.94. The molecule has 0 spiro atoms. The van der Waals surface area contributed by atoms with Gasteiger partial charge in [-0.3, -0.25) is 4.90 Å². The van der Waals surface area contributed by atoms with Gasteiger partial charge in [0.05, 0.1) is 19.8 Å². The number of ether oxygens (including phenoxy) is 2. The van der Waals surface area contributed by atoms with Crippen LogP contribution in [0.2, 0.25) is 0 Å². The first-order valence-electron chi connectivity index (χ1n) is 8.77. The average molecular weight is 281 g/mol.